The van der Waals surface area contributed by atoms with E-state index in [1.54, 1.807) is 11.8 Å². The fraction of sp³-hybridized carbons (Fsp3) is 0.235. The van der Waals surface area contributed by atoms with Crippen LogP contribution in [0.1, 0.15) is 18.1 Å². The molecule has 0 aliphatic carbocycles. The van der Waals surface area contributed by atoms with E-state index in [1.807, 2.05) is 37.3 Å². The van der Waals surface area contributed by atoms with E-state index in [2.05, 4.69) is 36.5 Å². The smallest absolute Gasteiger partial charge is 0.233 e. The first-order valence-electron chi connectivity index (χ1n) is 6.70. The molecule has 1 unspecified atom stereocenters. The molecule has 0 bridgehead atoms. The lowest BCUT2D eigenvalue weighted by atomic mass is 10.2. The van der Waals surface area contributed by atoms with Crippen LogP contribution in [0.2, 0.25) is 0 Å². The van der Waals surface area contributed by atoms with Crippen LogP contribution in [0.25, 0.3) is 0 Å². The van der Waals surface area contributed by atoms with Gasteiger partial charge in [-0.05, 0) is 31.5 Å². The van der Waals surface area contributed by atoms with Crippen molar-refractivity contribution in [1.29, 1.82) is 0 Å². The minimum absolute atomic E-state index is 0.0689. The average Bonchev–Trinajstić information content (AvgIpc) is 2.48. The summed E-state index contributed by atoms with van der Waals surface area (Å²) in [5.74, 6) is 0.0689. The highest BCUT2D eigenvalue weighted by molar-refractivity contribution is 8.00. The Kier molecular flexibility index (Phi) is 5.24. The van der Waals surface area contributed by atoms with Gasteiger partial charge in [0.05, 0.1) is 5.25 Å². The molecule has 2 aromatic rings. The number of thioether (sulfide) groups is 1. The van der Waals surface area contributed by atoms with Crippen molar-refractivity contribution in [1.82, 2.24) is 5.32 Å². The lowest BCUT2D eigenvalue weighted by molar-refractivity contribution is -0.120. The molecule has 0 aliphatic rings. The second kappa shape index (κ2) is 7.15. The quantitative estimate of drug-likeness (QED) is 0.847. The third-order valence-electron chi connectivity index (χ3n) is 3.01. The third-order valence-corrected chi connectivity index (χ3v) is 4.12. The Morgan fingerprint density at radius 1 is 1.10 bits per heavy atom. The molecule has 1 atom stereocenters. The van der Waals surface area contributed by atoms with Gasteiger partial charge in [-0.25, -0.2) is 0 Å². The molecule has 0 heterocycles. The zero-order chi connectivity index (χ0) is 14.4. The molecular weight excluding hydrogens is 266 g/mol. The molecule has 0 fully saturated rings. The summed E-state index contributed by atoms with van der Waals surface area (Å²) in [5, 5.41) is 2.87. The lowest BCUT2D eigenvalue weighted by Crippen LogP contribution is -2.30. The van der Waals surface area contributed by atoms with Crippen LogP contribution in [0.5, 0.6) is 0 Å². The van der Waals surface area contributed by atoms with Crippen molar-refractivity contribution in [2.75, 3.05) is 0 Å². The fourth-order valence-corrected chi connectivity index (χ4v) is 2.70. The molecule has 0 aromatic heterocycles. The summed E-state index contributed by atoms with van der Waals surface area (Å²) in [7, 11) is 0. The summed E-state index contributed by atoms with van der Waals surface area (Å²) in [5.41, 5.74) is 2.35. The summed E-state index contributed by atoms with van der Waals surface area (Å²) in [6, 6.07) is 18.2. The molecule has 1 N–H and O–H groups in total. The van der Waals surface area contributed by atoms with Crippen LogP contribution in [0.15, 0.2) is 59.5 Å². The number of rotatable bonds is 5. The highest BCUT2D eigenvalue weighted by Crippen LogP contribution is 2.23. The molecular formula is C17H19NOS. The number of nitrogens with one attached hydrogen (secondary N) is 1. The molecule has 1 amide bonds. The topological polar surface area (TPSA) is 29.1 Å². The molecule has 3 heteroatoms. The molecule has 2 rings (SSSR count). The third kappa shape index (κ3) is 4.42. The van der Waals surface area contributed by atoms with E-state index in [4.69, 9.17) is 0 Å². The maximum Gasteiger partial charge on any atom is 0.233 e. The zero-order valence-electron chi connectivity index (χ0n) is 11.8. The average molecular weight is 285 g/mol. The van der Waals surface area contributed by atoms with Crippen LogP contribution in [0.4, 0.5) is 0 Å². The Bertz CT molecular complexity index is 551. The predicted molar refractivity (Wildman–Crippen MR) is 84.8 cm³/mol. The van der Waals surface area contributed by atoms with Crippen molar-refractivity contribution < 1.29 is 4.79 Å². The number of hydrogen-bond donors (Lipinski definition) is 1. The summed E-state index contributed by atoms with van der Waals surface area (Å²) < 4.78 is 0. The van der Waals surface area contributed by atoms with Crippen LogP contribution in [0.3, 0.4) is 0 Å². The van der Waals surface area contributed by atoms with Gasteiger partial charge in [0.2, 0.25) is 5.91 Å². The van der Waals surface area contributed by atoms with E-state index in [1.165, 1.54) is 5.56 Å². The Balaban J connectivity index is 1.84. The summed E-state index contributed by atoms with van der Waals surface area (Å²) in [6.07, 6.45) is 0. The van der Waals surface area contributed by atoms with Crippen molar-refractivity contribution in [3.63, 3.8) is 0 Å². The minimum atomic E-state index is -0.0959. The van der Waals surface area contributed by atoms with Gasteiger partial charge in [-0.1, -0.05) is 48.0 Å². The number of amides is 1. The zero-order valence-corrected chi connectivity index (χ0v) is 12.6. The Morgan fingerprint density at radius 3 is 2.40 bits per heavy atom. The van der Waals surface area contributed by atoms with Gasteiger partial charge < -0.3 is 5.32 Å². The van der Waals surface area contributed by atoms with E-state index in [-0.39, 0.29) is 11.2 Å². The first-order valence-corrected chi connectivity index (χ1v) is 7.58. The van der Waals surface area contributed by atoms with Crippen LogP contribution in [-0.4, -0.2) is 11.2 Å². The molecule has 2 nitrogen and oxygen atoms in total. The van der Waals surface area contributed by atoms with Crippen LogP contribution < -0.4 is 5.32 Å². The van der Waals surface area contributed by atoms with Crippen molar-refractivity contribution in [3.05, 3.63) is 65.7 Å². The van der Waals surface area contributed by atoms with Crippen LogP contribution >= 0.6 is 11.8 Å². The van der Waals surface area contributed by atoms with Gasteiger partial charge in [0.1, 0.15) is 0 Å². The molecule has 104 valence electrons. The standard InChI is InChI=1S/C17H19NOS/c1-13-8-10-16(11-9-13)20-14(2)17(19)18-12-15-6-4-3-5-7-15/h3-11,14H,12H2,1-2H3,(H,18,19). The molecule has 0 spiro atoms. The summed E-state index contributed by atoms with van der Waals surface area (Å²) >= 11 is 1.58. The van der Waals surface area contributed by atoms with Gasteiger partial charge in [0.15, 0.2) is 0 Å². The largest absolute Gasteiger partial charge is 0.351 e. The monoisotopic (exact) mass is 285 g/mol. The second-order valence-corrected chi connectivity index (χ2v) is 6.19. The van der Waals surface area contributed by atoms with Crippen LogP contribution in [0, 0.1) is 6.92 Å². The fourth-order valence-electron chi connectivity index (χ4n) is 1.80. The van der Waals surface area contributed by atoms with E-state index in [9.17, 15) is 4.79 Å². The van der Waals surface area contributed by atoms with Crippen molar-refractivity contribution in [2.24, 2.45) is 0 Å². The highest BCUT2D eigenvalue weighted by Gasteiger charge is 2.13. The first-order chi connectivity index (χ1) is 9.65. The number of carbonyl (C=O) groups excluding carboxylic acids is 1. The summed E-state index contributed by atoms with van der Waals surface area (Å²) in [6.45, 7) is 4.58. The molecule has 2 aromatic carbocycles. The van der Waals surface area contributed by atoms with Crippen molar-refractivity contribution >= 4 is 17.7 Å². The van der Waals surface area contributed by atoms with E-state index in [0.717, 1.165) is 10.5 Å². The van der Waals surface area contributed by atoms with Gasteiger partial charge in [-0.3, -0.25) is 4.79 Å². The number of aryl methyl sites for hydroxylation is 1. The molecule has 0 aliphatic heterocycles. The van der Waals surface area contributed by atoms with Crippen molar-refractivity contribution in [2.45, 2.75) is 30.5 Å². The summed E-state index contributed by atoms with van der Waals surface area (Å²) in [4.78, 5) is 13.2. The molecule has 0 saturated carbocycles. The van der Waals surface area contributed by atoms with E-state index >= 15 is 0 Å². The molecule has 20 heavy (non-hydrogen) atoms. The Labute approximate surface area is 124 Å². The van der Waals surface area contributed by atoms with Gasteiger partial charge in [-0.15, -0.1) is 11.8 Å². The lowest BCUT2D eigenvalue weighted by Gasteiger charge is -2.12. The number of carbonyl (C=O) groups is 1. The number of benzene rings is 2. The molecule has 0 saturated heterocycles. The maximum atomic E-state index is 12.1. The molecule has 0 radical (unpaired) electrons. The van der Waals surface area contributed by atoms with Gasteiger partial charge in [0.25, 0.3) is 0 Å². The Morgan fingerprint density at radius 2 is 1.75 bits per heavy atom. The normalized spacial score (nSPS) is 11.9. The number of hydrogen-bond acceptors (Lipinski definition) is 2. The first kappa shape index (κ1) is 14.7. The van der Waals surface area contributed by atoms with Crippen molar-refractivity contribution in [3.8, 4) is 0 Å². The van der Waals surface area contributed by atoms with Gasteiger partial charge >= 0.3 is 0 Å². The van der Waals surface area contributed by atoms with E-state index < -0.39 is 0 Å². The highest BCUT2D eigenvalue weighted by atomic mass is 32.2. The van der Waals surface area contributed by atoms with Gasteiger partial charge in [-0.2, -0.15) is 0 Å². The Hall–Kier alpha value is -1.74. The van der Waals surface area contributed by atoms with E-state index in [0.29, 0.717) is 6.54 Å². The second-order valence-electron chi connectivity index (χ2n) is 4.78. The maximum absolute atomic E-state index is 12.1. The van der Waals surface area contributed by atoms with Crippen LogP contribution in [-0.2, 0) is 11.3 Å². The minimum Gasteiger partial charge on any atom is -0.351 e. The predicted octanol–water partition coefficient (Wildman–Crippen LogP) is 3.79. The SMILES string of the molecule is Cc1ccc(SC(C)C(=O)NCc2ccccc2)cc1. The van der Waals surface area contributed by atoms with Gasteiger partial charge in [0, 0.05) is 11.4 Å².